The summed E-state index contributed by atoms with van der Waals surface area (Å²) in [6.45, 7) is 0. The molecule has 0 saturated carbocycles. The number of hydrogen-bond acceptors (Lipinski definition) is 2. The fourth-order valence-electron chi connectivity index (χ4n) is 1.90. The SMILES string of the molecule is CN(C)C(=O)NC1C(=O)N(C)c2ccc(Cl)cc21. The van der Waals surface area contributed by atoms with Crippen LogP contribution in [-0.4, -0.2) is 38.0 Å². The second-order valence-electron chi connectivity index (χ2n) is 4.38. The number of nitrogens with one attached hydrogen (secondary N) is 1. The van der Waals surface area contributed by atoms with E-state index in [0.717, 1.165) is 11.3 Å². The first kappa shape index (κ1) is 12.7. The summed E-state index contributed by atoms with van der Waals surface area (Å²) >= 11 is 5.93. The zero-order chi connectivity index (χ0) is 13.4. The molecule has 1 aromatic rings. The molecule has 1 unspecified atom stereocenters. The van der Waals surface area contributed by atoms with Crippen LogP contribution in [-0.2, 0) is 4.79 Å². The molecule has 0 saturated heterocycles. The topological polar surface area (TPSA) is 52.7 Å². The Bertz CT molecular complexity index is 516. The van der Waals surface area contributed by atoms with Gasteiger partial charge in [0.2, 0.25) is 0 Å². The Morgan fingerprint density at radius 1 is 1.44 bits per heavy atom. The van der Waals surface area contributed by atoms with Crippen molar-refractivity contribution in [3.05, 3.63) is 28.8 Å². The zero-order valence-corrected chi connectivity index (χ0v) is 11.2. The maximum atomic E-state index is 12.1. The van der Waals surface area contributed by atoms with E-state index in [9.17, 15) is 9.59 Å². The number of rotatable bonds is 1. The second kappa shape index (κ2) is 4.49. The average molecular weight is 268 g/mol. The number of likely N-dealkylation sites (N-methyl/N-ethyl adjacent to an activating group) is 1. The minimum Gasteiger partial charge on any atom is -0.331 e. The van der Waals surface area contributed by atoms with Gasteiger partial charge in [-0.2, -0.15) is 0 Å². The van der Waals surface area contributed by atoms with Crippen molar-refractivity contribution >= 4 is 29.2 Å². The first-order valence-corrected chi connectivity index (χ1v) is 5.84. The number of nitrogens with zero attached hydrogens (tertiary/aromatic N) is 2. The van der Waals surface area contributed by atoms with Crippen LogP contribution in [0, 0.1) is 0 Å². The van der Waals surface area contributed by atoms with Crippen molar-refractivity contribution in [2.75, 3.05) is 26.0 Å². The third-order valence-electron chi connectivity index (χ3n) is 2.91. The van der Waals surface area contributed by atoms with Gasteiger partial charge in [0.1, 0.15) is 6.04 Å². The number of carbonyl (C=O) groups is 2. The molecule has 5 nitrogen and oxygen atoms in total. The lowest BCUT2D eigenvalue weighted by Crippen LogP contribution is -2.41. The van der Waals surface area contributed by atoms with E-state index >= 15 is 0 Å². The number of anilines is 1. The Kier molecular flexibility index (Phi) is 3.17. The molecule has 1 aromatic carbocycles. The lowest BCUT2D eigenvalue weighted by molar-refractivity contribution is -0.119. The van der Waals surface area contributed by atoms with E-state index in [1.54, 1.807) is 39.3 Å². The number of benzene rings is 1. The molecular formula is C12H14ClN3O2. The van der Waals surface area contributed by atoms with E-state index < -0.39 is 6.04 Å². The molecule has 1 N–H and O–H groups in total. The largest absolute Gasteiger partial charge is 0.331 e. The normalized spacial score (nSPS) is 17.7. The molecule has 1 heterocycles. The highest BCUT2D eigenvalue weighted by Crippen LogP contribution is 2.36. The van der Waals surface area contributed by atoms with Crippen molar-refractivity contribution in [2.45, 2.75) is 6.04 Å². The standard InChI is InChI=1S/C12H14ClN3O2/c1-15(2)12(18)14-10-8-6-7(13)4-5-9(8)16(3)11(10)17/h4-6,10H,1-3H3,(H,14,18). The van der Waals surface area contributed by atoms with Crippen LogP contribution in [0.5, 0.6) is 0 Å². The van der Waals surface area contributed by atoms with Gasteiger partial charge in [0.05, 0.1) is 0 Å². The van der Waals surface area contributed by atoms with Crippen LogP contribution >= 0.6 is 11.6 Å². The molecule has 0 aromatic heterocycles. The molecule has 0 aliphatic carbocycles. The second-order valence-corrected chi connectivity index (χ2v) is 4.81. The molecule has 6 heteroatoms. The van der Waals surface area contributed by atoms with Gasteiger partial charge in [-0.1, -0.05) is 11.6 Å². The molecule has 1 aliphatic heterocycles. The van der Waals surface area contributed by atoms with Crippen molar-refractivity contribution in [2.24, 2.45) is 0 Å². The lowest BCUT2D eigenvalue weighted by atomic mass is 10.1. The van der Waals surface area contributed by atoms with Gasteiger partial charge in [-0.05, 0) is 18.2 Å². The molecule has 1 atom stereocenters. The number of amides is 3. The summed E-state index contributed by atoms with van der Waals surface area (Å²) < 4.78 is 0. The quantitative estimate of drug-likeness (QED) is 0.841. The van der Waals surface area contributed by atoms with E-state index in [1.807, 2.05) is 0 Å². The van der Waals surface area contributed by atoms with E-state index in [0.29, 0.717) is 5.02 Å². The van der Waals surface area contributed by atoms with Crippen LogP contribution in [0.3, 0.4) is 0 Å². The zero-order valence-electron chi connectivity index (χ0n) is 10.4. The third-order valence-corrected chi connectivity index (χ3v) is 3.15. The molecule has 0 spiro atoms. The summed E-state index contributed by atoms with van der Waals surface area (Å²) in [4.78, 5) is 26.6. The molecule has 18 heavy (non-hydrogen) atoms. The van der Waals surface area contributed by atoms with Crippen LogP contribution in [0.25, 0.3) is 0 Å². The number of carbonyl (C=O) groups excluding carboxylic acids is 2. The Morgan fingerprint density at radius 2 is 2.11 bits per heavy atom. The van der Waals surface area contributed by atoms with Gasteiger partial charge in [0, 0.05) is 37.4 Å². The van der Waals surface area contributed by atoms with Gasteiger partial charge in [-0.3, -0.25) is 4.79 Å². The molecule has 0 fully saturated rings. The number of hydrogen-bond donors (Lipinski definition) is 1. The van der Waals surface area contributed by atoms with Crippen molar-refractivity contribution in [3.8, 4) is 0 Å². The smallest absolute Gasteiger partial charge is 0.317 e. The average Bonchev–Trinajstić information content (AvgIpc) is 2.54. The summed E-state index contributed by atoms with van der Waals surface area (Å²) in [6, 6.07) is 4.23. The maximum Gasteiger partial charge on any atom is 0.317 e. The highest BCUT2D eigenvalue weighted by Gasteiger charge is 2.36. The third kappa shape index (κ3) is 2.01. The summed E-state index contributed by atoms with van der Waals surface area (Å²) in [5.74, 6) is -0.164. The predicted octanol–water partition coefficient (Wildman–Crippen LogP) is 1.63. The fourth-order valence-corrected chi connectivity index (χ4v) is 2.08. The molecule has 0 bridgehead atoms. The maximum absolute atomic E-state index is 12.1. The van der Waals surface area contributed by atoms with Crippen LogP contribution < -0.4 is 10.2 Å². The summed E-state index contributed by atoms with van der Waals surface area (Å²) in [5.41, 5.74) is 1.50. The molecule has 2 rings (SSSR count). The van der Waals surface area contributed by atoms with E-state index in [-0.39, 0.29) is 11.9 Å². The van der Waals surface area contributed by atoms with Gasteiger partial charge in [0.15, 0.2) is 0 Å². The van der Waals surface area contributed by atoms with Crippen LogP contribution in [0.15, 0.2) is 18.2 Å². The van der Waals surface area contributed by atoms with Crippen molar-refractivity contribution in [3.63, 3.8) is 0 Å². The Labute approximate surface area is 110 Å². The highest BCUT2D eigenvalue weighted by molar-refractivity contribution is 6.31. The Morgan fingerprint density at radius 3 is 2.72 bits per heavy atom. The van der Waals surface area contributed by atoms with Crippen LogP contribution in [0.2, 0.25) is 5.02 Å². The number of halogens is 1. The predicted molar refractivity (Wildman–Crippen MR) is 69.8 cm³/mol. The van der Waals surface area contributed by atoms with E-state index in [4.69, 9.17) is 11.6 Å². The Hall–Kier alpha value is -1.75. The minimum atomic E-state index is -0.668. The van der Waals surface area contributed by atoms with Gasteiger partial charge < -0.3 is 15.1 Å². The van der Waals surface area contributed by atoms with Gasteiger partial charge in [-0.25, -0.2) is 4.79 Å². The van der Waals surface area contributed by atoms with Gasteiger partial charge >= 0.3 is 6.03 Å². The molecule has 3 amide bonds. The molecule has 0 radical (unpaired) electrons. The molecular weight excluding hydrogens is 254 g/mol. The first-order valence-electron chi connectivity index (χ1n) is 5.46. The number of fused-ring (bicyclic) bond motifs is 1. The van der Waals surface area contributed by atoms with Crippen molar-refractivity contribution in [1.29, 1.82) is 0 Å². The van der Waals surface area contributed by atoms with E-state index in [1.165, 1.54) is 9.80 Å². The van der Waals surface area contributed by atoms with Crippen LogP contribution in [0.4, 0.5) is 10.5 Å². The monoisotopic (exact) mass is 267 g/mol. The number of urea groups is 1. The molecule has 1 aliphatic rings. The van der Waals surface area contributed by atoms with E-state index in [2.05, 4.69) is 5.32 Å². The molecule has 96 valence electrons. The summed E-state index contributed by atoms with van der Waals surface area (Å²) in [7, 11) is 4.92. The summed E-state index contributed by atoms with van der Waals surface area (Å²) in [6.07, 6.45) is 0. The van der Waals surface area contributed by atoms with Crippen LogP contribution in [0.1, 0.15) is 11.6 Å². The van der Waals surface area contributed by atoms with Gasteiger partial charge in [0.25, 0.3) is 5.91 Å². The van der Waals surface area contributed by atoms with Crippen molar-refractivity contribution < 1.29 is 9.59 Å². The fraction of sp³-hybridized carbons (Fsp3) is 0.333. The first-order chi connectivity index (χ1) is 8.41. The lowest BCUT2D eigenvalue weighted by Gasteiger charge is -2.16. The highest BCUT2D eigenvalue weighted by atomic mass is 35.5. The van der Waals surface area contributed by atoms with Crippen molar-refractivity contribution in [1.82, 2.24) is 10.2 Å². The van der Waals surface area contributed by atoms with Gasteiger partial charge in [-0.15, -0.1) is 0 Å². The summed E-state index contributed by atoms with van der Waals surface area (Å²) in [5, 5.41) is 3.22. The Balaban J connectivity index is 2.36. The minimum absolute atomic E-state index is 0.164.